The van der Waals surface area contributed by atoms with Gasteiger partial charge in [0.2, 0.25) is 0 Å². The van der Waals surface area contributed by atoms with Crippen molar-refractivity contribution in [1.82, 2.24) is 19.4 Å². The van der Waals surface area contributed by atoms with E-state index in [9.17, 15) is 4.79 Å². The molecule has 4 aromatic heterocycles. The number of imidazole rings is 1. The van der Waals surface area contributed by atoms with Crippen LogP contribution in [0, 0.1) is 0 Å². The lowest BCUT2D eigenvalue weighted by Gasteiger charge is -2.17. The lowest BCUT2D eigenvalue weighted by atomic mass is 10.2. The number of hydrogen-bond donors (Lipinski definition) is 0. The summed E-state index contributed by atoms with van der Waals surface area (Å²) in [4.78, 5) is 23.6. The summed E-state index contributed by atoms with van der Waals surface area (Å²) in [6, 6.07) is 11.0. The van der Waals surface area contributed by atoms with Gasteiger partial charge in [0.1, 0.15) is 5.52 Å². The third-order valence-corrected chi connectivity index (χ3v) is 4.74. The Morgan fingerprint density at radius 1 is 1.12 bits per heavy atom. The average Bonchev–Trinajstić information content (AvgIpc) is 3.47. The fourth-order valence-corrected chi connectivity index (χ4v) is 3.55. The summed E-state index contributed by atoms with van der Waals surface area (Å²) in [5.41, 5.74) is 1.62. The van der Waals surface area contributed by atoms with Gasteiger partial charge in [0.15, 0.2) is 23.0 Å². The van der Waals surface area contributed by atoms with Crippen LogP contribution in [0.4, 0.5) is 0 Å². The molecular weight excluding hydrogens is 332 g/mol. The Morgan fingerprint density at radius 3 is 2.81 bits per heavy atom. The molecule has 1 aliphatic rings. The highest BCUT2D eigenvalue weighted by molar-refractivity contribution is 5.91. The summed E-state index contributed by atoms with van der Waals surface area (Å²) in [5.74, 6) is 1.71. The standard InChI is InChI=1S/C19H16N4O3/c24-19(16-6-3-11-26-16)22-9-7-13(12-22)23-17-14(4-1-8-20-17)21-18(23)15-5-2-10-25-15/h1-6,8,10-11,13H,7,9,12H2/t13-/m0/s1. The molecule has 5 rings (SSSR count). The van der Waals surface area contributed by atoms with E-state index in [4.69, 9.17) is 13.8 Å². The Kier molecular flexibility index (Phi) is 3.38. The Balaban J connectivity index is 1.53. The summed E-state index contributed by atoms with van der Waals surface area (Å²) in [5, 5.41) is 0. The Hall–Kier alpha value is -3.35. The second-order valence-corrected chi connectivity index (χ2v) is 6.30. The topological polar surface area (TPSA) is 77.3 Å². The summed E-state index contributed by atoms with van der Waals surface area (Å²) >= 11 is 0. The first-order valence-corrected chi connectivity index (χ1v) is 8.51. The molecule has 7 heteroatoms. The number of rotatable bonds is 3. The third-order valence-electron chi connectivity index (χ3n) is 4.74. The van der Waals surface area contributed by atoms with Crippen molar-refractivity contribution in [3.05, 3.63) is 60.9 Å². The predicted molar refractivity (Wildman–Crippen MR) is 93.5 cm³/mol. The van der Waals surface area contributed by atoms with E-state index in [1.54, 1.807) is 24.6 Å². The van der Waals surface area contributed by atoms with E-state index in [2.05, 4.69) is 9.55 Å². The lowest BCUT2D eigenvalue weighted by molar-refractivity contribution is 0.0756. The van der Waals surface area contributed by atoms with Crippen molar-refractivity contribution < 1.29 is 13.6 Å². The van der Waals surface area contributed by atoms with E-state index in [1.165, 1.54) is 6.26 Å². The largest absolute Gasteiger partial charge is 0.461 e. The molecule has 130 valence electrons. The zero-order valence-electron chi connectivity index (χ0n) is 13.9. The first kappa shape index (κ1) is 14.9. The maximum absolute atomic E-state index is 12.6. The molecule has 0 unspecified atom stereocenters. The molecule has 4 aromatic rings. The fourth-order valence-electron chi connectivity index (χ4n) is 3.55. The molecule has 0 spiro atoms. The van der Waals surface area contributed by atoms with Crippen LogP contribution < -0.4 is 0 Å². The molecular formula is C19H16N4O3. The lowest BCUT2D eigenvalue weighted by Crippen LogP contribution is -2.28. The number of nitrogens with zero attached hydrogens (tertiary/aromatic N) is 4. The van der Waals surface area contributed by atoms with Crippen molar-refractivity contribution in [2.45, 2.75) is 12.5 Å². The maximum Gasteiger partial charge on any atom is 0.289 e. The molecule has 0 radical (unpaired) electrons. The predicted octanol–water partition coefficient (Wildman–Crippen LogP) is 3.37. The van der Waals surface area contributed by atoms with Gasteiger partial charge in [0.25, 0.3) is 5.91 Å². The van der Waals surface area contributed by atoms with Gasteiger partial charge in [-0.25, -0.2) is 9.97 Å². The average molecular weight is 348 g/mol. The van der Waals surface area contributed by atoms with Gasteiger partial charge in [-0.15, -0.1) is 0 Å². The summed E-state index contributed by atoms with van der Waals surface area (Å²) in [6.07, 6.45) is 5.73. The van der Waals surface area contributed by atoms with Crippen LogP contribution in [-0.4, -0.2) is 38.4 Å². The normalized spacial score (nSPS) is 17.2. The molecule has 1 atom stereocenters. The Morgan fingerprint density at radius 2 is 2.00 bits per heavy atom. The van der Waals surface area contributed by atoms with Crippen LogP contribution in [0.2, 0.25) is 0 Å². The van der Waals surface area contributed by atoms with Crippen LogP contribution in [-0.2, 0) is 0 Å². The zero-order valence-corrected chi connectivity index (χ0v) is 13.9. The molecule has 1 saturated heterocycles. The van der Waals surface area contributed by atoms with Crippen LogP contribution in [0.25, 0.3) is 22.7 Å². The fraction of sp³-hybridized carbons (Fsp3) is 0.211. The molecule has 7 nitrogen and oxygen atoms in total. The van der Waals surface area contributed by atoms with E-state index in [0.717, 1.165) is 23.4 Å². The van der Waals surface area contributed by atoms with Crippen molar-refractivity contribution in [2.75, 3.05) is 13.1 Å². The van der Waals surface area contributed by atoms with Crippen molar-refractivity contribution >= 4 is 17.1 Å². The molecule has 26 heavy (non-hydrogen) atoms. The smallest absolute Gasteiger partial charge is 0.289 e. The molecule has 5 heterocycles. The number of fused-ring (bicyclic) bond motifs is 1. The highest BCUT2D eigenvalue weighted by Gasteiger charge is 2.32. The maximum atomic E-state index is 12.6. The van der Waals surface area contributed by atoms with E-state index in [1.807, 2.05) is 29.2 Å². The minimum Gasteiger partial charge on any atom is -0.461 e. The zero-order chi connectivity index (χ0) is 17.5. The van der Waals surface area contributed by atoms with Crippen LogP contribution in [0.1, 0.15) is 23.0 Å². The monoisotopic (exact) mass is 348 g/mol. The third kappa shape index (κ3) is 2.32. The van der Waals surface area contributed by atoms with Gasteiger partial charge in [-0.3, -0.25) is 4.79 Å². The van der Waals surface area contributed by atoms with Crippen molar-refractivity contribution in [3.63, 3.8) is 0 Å². The number of hydrogen-bond acceptors (Lipinski definition) is 5. The van der Waals surface area contributed by atoms with Gasteiger partial charge < -0.3 is 18.3 Å². The molecule has 0 N–H and O–H groups in total. The SMILES string of the molecule is O=C(c1ccco1)N1CC[C@H](n2c(-c3ccco3)nc3cccnc32)C1. The molecule has 1 aliphatic heterocycles. The molecule has 0 bridgehead atoms. The molecule has 1 amide bonds. The number of likely N-dealkylation sites (tertiary alicyclic amines) is 1. The molecule has 1 fully saturated rings. The quantitative estimate of drug-likeness (QED) is 0.567. The number of carbonyl (C=O) groups excluding carboxylic acids is 1. The number of carbonyl (C=O) groups is 1. The highest BCUT2D eigenvalue weighted by Crippen LogP contribution is 2.32. The van der Waals surface area contributed by atoms with Gasteiger partial charge in [-0.05, 0) is 42.8 Å². The first-order valence-electron chi connectivity index (χ1n) is 8.51. The van der Waals surface area contributed by atoms with Gasteiger partial charge in [-0.1, -0.05) is 0 Å². The van der Waals surface area contributed by atoms with Crippen molar-refractivity contribution in [3.8, 4) is 11.6 Å². The molecule has 0 aromatic carbocycles. The number of pyridine rings is 1. The van der Waals surface area contributed by atoms with Crippen molar-refractivity contribution in [2.24, 2.45) is 0 Å². The highest BCUT2D eigenvalue weighted by atomic mass is 16.3. The summed E-state index contributed by atoms with van der Waals surface area (Å²) in [7, 11) is 0. The number of aromatic nitrogens is 3. The summed E-state index contributed by atoms with van der Waals surface area (Å²) in [6.45, 7) is 1.24. The van der Waals surface area contributed by atoms with Crippen molar-refractivity contribution in [1.29, 1.82) is 0 Å². The van der Waals surface area contributed by atoms with E-state index < -0.39 is 0 Å². The Labute approximate surface area is 148 Å². The first-order chi connectivity index (χ1) is 12.8. The van der Waals surface area contributed by atoms with Gasteiger partial charge in [0, 0.05) is 19.3 Å². The van der Waals surface area contributed by atoms with Gasteiger partial charge >= 0.3 is 0 Å². The number of amides is 1. The summed E-state index contributed by atoms with van der Waals surface area (Å²) < 4.78 is 12.9. The Bertz CT molecular complexity index is 1050. The van der Waals surface area contributed by atoms with Crippen LogP contribution in [0.5, 0.6) is 0 Å². The second-order valence-electron chi connectivity index (χ2n) is 6.30. The minimum atomic E-state index is -0.0885. The molecule has 0 saturated carbocycles. The van der Waals surface area contributed by atoms with E-state index >= 15 is 0 Å². The van der Waals surface area contributed by atoms with Gasteiger partial charge in [-0.2, -0.15) is 0 Å². The van der Waals surface area contributed by atoms with Gasteiger partial charge in [0.05, 0.1) is 18.6 Å². The van der Waals surface area contributed by atoms with E-state index in [0.29, 0.717) is 24.6 Å². The number of furan rings is 2. The van der Waals surface area contributed by atoms with Crippen LogP contribution >= 0.6 is 0 Å². The van der Waals surface area contributed by atoms with E-state index in [-0.39, 0.29) is 11.9 Å². The minimum absolute atomic E-state index is 0.0777. The van der Waals surface area contributed by atoms with Crippen LogP contribution in [0.3, 0.4) is 0 Å². The molecule has 0 aliphatic carbocycles. The van der Waals surface area contributed by atoms with Crippen LogP contribution in [0.15, 0.2) is 64.0 Å². The second kappa shape index (κ2) is 5.87.